The second-order valence-corrected chi connectivity index (χ2v) is 3.29. The zero-order valence-corrected chi connectivity index (χ0v) is 9.69. The van der Waals surface area contributed by atoms with E-state index in [-0.39, 0.29) is 7.43 Å². The van der Waals surface area contributed by atoms with Crippen LogP contribution in [0.2, 0.25) is 0 Å². The number of hydrogen-bond donors (Lipinski definition) is 0. The summed E-state index contributed by atoms with van der Waals surface area (Å²) in [4.78, 5) is 0. The number of aromatic nitrogens is 2. The van der Waals surface area contributed by atoms with Gasteiger partial charge in [-0.3, -0.25) is 0 Å². The second kappa shape index (κ2) is 9.36. The topological polar surface area (TPSA) is 27.3 Å². The van der Waals surface area contributed by atoms with Crippen LogP contribution in [0.15, 0.2) is 18.7 Å². The van der Waals surface area contributed by atoms with Gasteiger partial charge in [-0.1, -0.05) is 7.43 Å². The highest BCUT2D eigenvalue weighted by Crippen LogP contribution is 1.84. The zero-order chi connectivity index (χ0) is 10.9. The van der Waals surface area contributed by atoms with Crippen LogP contribution in [0.5, 0.6) is 0 Å². The van der Waals surface area contributed by atoms with Crippen molar-refractivity contribution in [3.8, 4) is 0 Å². The molecule has 94 valence electrons. The summed E-state index contributed by atoms with van der Waals surface area (Å²) < 4.78 is 14.9. The Bertz CT molecular complexity index is 261. The average molecular weight is 229 g/mol. The van der Waals surface area contributed by atoms with E-state index in [9.17, 15) is 0 Å². The fraction of sp³-hybridized carbons (Fsp3) is 0.750. The van der Waals surface area contributed by atoms with Crippen molar-refractivity contribution in [2.24, 2.45) is 0 Å². The van der Waals surface area contributed by atoms with Gasteiger partial charge in [0.05, 0.1) is 26.4 Å². The third-order valence-electron chi connectivity index (χ3n) is 2.18. The van der Waals surface area contributed by atoms with Crippen LogP contribution in [0, 0.1) is 0 Å². The van der Waals surface area contributed by atoms with Crippen LogP contribution in [0.3, 0.4) is 0 Å². The van der Waals surface area contributed by atoms with Crippen molar-refractivity contribution in [3.05, 3.63) is 18.7 Å². The molecule has 0 fully saturated rings. The molecule has 0 aromatic carbocycles. The van der Waals surface area contributed by atoms with Crippen LogP contribution < -0.4 is 4.57 Å². The van der Waals surface area contributed by atoms with Gasteiger partial charge in [0, 0.05) is 6.61 Å². The Labute approximate surface area is 98.8 Å². The molecule has 0 atom stereocenters. The lowest BCUT2D eigenvalue weighted by molar-refractivity contribution is -0.698. The van der Waals surface area contributed by atoms with Crippen molar-refractivity contribution >= 4 is 0 Å². The Kier molecular flexibility index (Phi) is 8.85. The molecule has 4 heteroatoms. The first-order chi connectivity index (χ1) is 7.36. The van der Waals surface area contributed by atoms with Gasteiger partial charge in [-0.2, -0.15) is 0 Å². The molecule has 0 N–H and O–H groups in total. The molecular weight excluding hydrogens is 204 g/mol. The molecule has 1 aromatic rings. The van der Waals surface area contributed by atoms with Crippen molar-refractivity contribution in [1.82, 2.24) is 4.57 Å². The number of hydrogen-bond acceptors (Lipinski definition) is 2. The van der Waals surface area contributed by atoms with Crippen LogP contribution in [-0.2, 0) is 22.6 Å². The fourth-order valence-electron chi connectivity index (χ4n) is 1.29. The lowest BCUT2D eigenvalue weighted by Crippen LogP contribution is -2.33. The van der Waals surface area contributed by atoms with E-state index in [2.05, 4.69) is 34.8 Å². The summed E-state index contributed by atoms with van der Waals surface area (Å²) in [5.74, 6) is 0. The van der Waals surface area contributed by atoms with Crippen molar-refractivity contribution in [2.45, 2.75) is 34.4 Å². The van der Waals surface area contributed by atoms with Gasteiger partial charge in [0.1, 0.15) is 18.9 Å². The van der Waals surface area contributed by atoms with Gasteiger partial charge in [-0.15, -0.1) is 0 Å². The molecule has 0 spiro atoms. The van der Waals surface area contributed by atoms with Gasteiger partial charge in [-0.05, 0) is 13.8 Å². The van der Waals surface area contributed by atoms with Crippen LogP contribution >= 0.6 is 0 Å². The Morgan fingerprint density at radius 1 is 1.12 bits per heavy atom. The molecule has 0 bridgehead atoms. The van der Waals surface area contributed by atoms with E-state index in [4.69, 9.17) is 9.47 Å². The fourth-order valence-corrected chi connectivity index (χ4v) is 1.29. The predicted molar refractivity (Wildman–Crippen MR) is 64.3 cm³/mol. The Hall–Kier alpha value is -0.870. The molecule has 0 saturated heterocycles. The van der Waals surface area contributed by atoms with Crippen molar-refractivity contribution in [1.29, 1.82) is 0 Å². The van der Waals surface area contributed by atoms with E-state index in [0.29, 0.717) is 13.2 Å². The van der Waals surface area contributed by atoms with Gasteiger partial charge in [0.25, 0.3) is 0 Å². The Morgan fingerprint density at radius 3 is 2.50 bits per heavy atom. The number of rotatable bonds is 8. The molecule has 0 unspecified atom stereocenters. The second-order valence-electron chi connectivity index (χ2n) is 3.29. The van der Waals surface area contributed by atoms with E-state index in [0.717, 1.165) is 26.3 Å². The summed E-state index contributed by atoms with van der Waals surface area (Å²) in [6.07, 6.45) is 6.22. The first-order valence-electron chi connectivity index (χ1n) is 5.57. The highest BCUT2D eigenvalue weighted by atomic mass is 16.5. The Balaban J connectivity index is 0.00000225. The van der Waals surface area contributed by atoms with Gasteiger partial charge < -0.3 is 9.47 Å². The van der Waals surface area contributed by atoms with Crippen molar-refractivity contribution < 1.29 is 14.0 Å². The molecule has 1 aromatic heterocycles. The molecule has 1 rings (SSSR count). The maximum Gasteiger partial charge on any atom is 0.243 e. The van der Waals surface area contributed by atoms with Crippen LogP contribution in [-0.4, -0.2) is 31.0 Å². The minimum atomic E-state index is 0. The average Bonchev–Trinajstić information content (AvgIpc) is 2.71. The smallest absolute Gasteiger partial charge is 0.243 e. The summed E-state index contributed by atoms with van der Waals surface area (Å²) in [5, 5.41) is 0. The molecule has 0 amide bonds. The van der Waals surface area contributed by atoms with Gasteiger partial charge in [0.15, 0.2) is 0 Å². The van der Waals surface area contributed by atoms with Gasteiger partial charge in [-0.25, -0.2) is 9.13 Å². The SMILES string of the molecule is C.CCOCCOCC[n+]1ccn(CC)c1. The first kappa shape index (κ1) is 15.1. The maximum absolute atomic E-state index is 5.43. The lowest BCUT2D eigenvalue weighted by Gasteiger charge is -2.02. The monoisotopic (exact) mass is 229 g/mol. The standard InChI is InChI=1S/C11H21N2O2.CH4/c1-3-12-5-6-13(11-12)7-8-15-10-9-14-4-2;/h5-6,11H,3-4,7-10H2,1-2H3;1H4/q+1;. The number of ether oxygens (including phenoxy) is 2. The normalized spacial score (nSPS) is 10.1. The molecule has 1 heterocycles. The third kappa shape index (κ3) is 5.88. The molecule has 0 aliphatic rings. The van der Waals surface area contributed by atoms with Gasteiger partial charge in [0.2, 0.25) is 6.33 Å². The van der Waals surface area contributed by atoms with Crippen LogP contribution in [0.4, 0.5) is 0 Å². The molecule has 4 nitrogen and oxygen atoms in total. The van der Waals surface area contributed by atoms with Gasteiger partial charge >= 0.3 is 0 Å². The number of nitrogens with zero attached hydrogens (tertiary/aromatic N) is 2. The van der Waals surface area contributed by atoms with Crippen molar-refractivity contribution in [2.75, 3.05) is 26.4 Å². The molecule has 0 saturated carbocycles. The number of aryl methyl sites for hydroxylation is 1. The molecule has 16 heavy (non-hydrogen) atoms. The predicted octanol–water partition coefficient (Wildman–Crippen LogP) is 1.48. The maximum atomic E-state index is 5.43. The quantitative estimate of drug-likeness (QED) is 0.499. The first-order valence-corrected chi connectivity index (χ1v) is 5.57. The largest absolute Gasteiger partial charge is 0.379 e. The highest BCUT2D eigenvalue weighted by Gasteiger charge is 2.00. The third-order valence-corrected chi connectivity index (χ3v) is 2.18. The summed E-state index contributed by atoms with van der Waals surface area (Å²) in [6, 6.07) is 0. The van der Waals surface area contributed by atoms with Crippen LogP contribution in [0.25, 0.3) is 0 Å². The zero-order valence-electron chi connectivity index (χ0n) is 9.69. The summed E-state index contributed by atoms with van der Waals surface area (Å²) >= 11 is 0. The van der Waals surface area contributed by atoms with E-state index in [1.165, 1.54) is 0 Å². The van der Waals surface area contributed by atoms with Crippen molar-refractivity contribution in [3.63, 3.8) is 0 Å². The van der Waals surface area contributed by atoms with E-state index in [1.807, 2.05) is 6.92 Å². The Morgan fingerprint density at radius 2 is 1.88 bits per heavy atom. The van der Waals surface area contributed by atoms with E-state index < -0.39 is 0 Å². The molecule has 0 radical (unpaired) electrons. The summed E-state index contributed by atoms with van der Waals surface area (Å²) in [5.41, 5.74) is 0. The van der Waals surface area contributed by atoms with Crippen LogP contribution in [0.1, 0.15) is 21.3 Å². The molecular formula is C12H25N2O2+. The minimum Gasteiger partial charge on any atom is -0.379 e. The molecule has 0 aliphatic heterocycles. The number of imidazole rings is 1. The van der Waals surface area contributed by atoms with E-state index in [1.54, 1.807) is 0 Å². The highest BCUT2D eigenvalue weighted by molar-refractivity contribution is 4.64. The lowest BCUT2D eigenvalue weighted by atomic mass is 10.6. The minimum absolute atomic E-state index is 0. The molecule has 0 aliphatic carbocycles. The summed E-state index contributed by atoms with van der Waals surface area (Å²) in [6.45, 7) is 8.91. The van der Waals surface area contributed by atoms with E-state index >= 15 is 0 Å². The summed E-state index contributed by atoms with van der Waals surface area (Å²) in [7, 11) is 0.